The zero-order valence-electron chi connectivity index (χ0n) is 11.6. The first-order chi connectivity index (χ1) is 9.22. The van der Waals surface area contributed by atoms with Gasteiger partial charge in [0.25, 0.3) is 0 Å². The first-order valence-electron chi connectivity index (χ1n) is 6.85. The van der Waals surface area contributed by atoms with E-state index in [4.69, 9.17) is 5.73 Å². The Hall–Kier alpha value is -1.91. The number of rotatable bonds is 6. The maximum atomic E-state index is 5.84. The van der Waals surface area contributed by atoms with E-state index in [9.17, 15) is 0 Å². The van der Waals surface area contributed by atoms with Crippen LogP contribution in [0.1, 0.15) is 38.2 Å². The summed E-state index contributed by atoms with van der Waals surface area (Å²) in [5, 5.41) is 12.0. The van der Waals surface area contributed by atoms with Crippen LogP contribution in [0.4, 0.5) is 5.69 Å². The standard InChI is InChI=1S/C14H21N5/c1-3-4-5-6-9-19-14(16-17-18-19)12-7-8-13(15)11(2)10-12/h7-8,10H,3-6,9,15H2,1-2H3. The van der Waals surface area contributed by atoms with E-state index in [1.807, 2.05) is 29.8 Å². The van der Waals surface area contributed by atoms with Gasteiger partial charge in [0.05, 0.1) is 0 Å². The van der Waals surface area contributed by atoms with Gasteiger partial charge in [0.15, 0.2) is 5.82 Å². The molecule has 102 valence electrons. The summed E-state index contributed by atoms with van der Waals surface area (Å²) in [5.41, 5.74) is 8.71. The largest absolute Gasteiger partial charge is 0.399 e. The highest BCUT2D eigenvalue weighted by Gasteiger charge is 2.09. The number of hydrogen-bond acceptors (Lipinski definition) is 4. The maximum absolute atomic E-state index is 5.84. The molecule has 0 atom stereocenters. The summed E-state index contributed by atoms with van der Waals surface area (Å²) in [5.74, 6) is 0.819. The average Bonchev–Trinajstić information content (AvgIpc) is 2.86. The van der Waals surface area contributed by atoms with Gasteiger partial charge in [0.1, 0.15) is 0 Å². The number of nitrogens with two attached hydrogens (primary N) is 1. The molecule has 0 saturated carbocycles. The van der Waals surface area contributed by atoms with E-state index >= 15 is 0 Å². The molecule has 2 N–H and O–H groups in total. The van der Waals surface area contributed by atoms with Crippen molar-refractivity contribution in [2.75, 3.05) is 5.73 Å². The molecule has 0 aliphatic heterocycles. The van der Waals surface area contributed by atoms with E-state index in [2.05, 4.69) is 22.4 Å². The molecule has 0 amide bonds. The molecule has 5 heteroatoms. The van der Waals surface area contributed by atoms with Gasteiger partial charge in [-0.2, -0.15) is 0 Å². The number of anilines is 1. The molecule has 0 bridgehead atoms. The first kappa shape index (κ1) is 13.5. The van der Waals surface area contributed by atoms with Crippen LogP contribution in [0, 0.1) is 6.92 Å². The summed E-state index contributed by atoms with van der Waals surface area (Å²) < 4.78 is 1.88. The van der Waals surface area contributed by atoms with Crippen LogP contribution in [0.2, 0.25) is 0 Å². The van der Waals surface area contributed by atoms with Crippen LogP contribution >= 0.6 is 0 Å². The summed E-state index contributed by atoms with van der Waals surface area (Å²) in [6, 6.07) is 5.90. The van der Waals surface area contributed by atoms with Crippen molar-refractivity contribution in [2.45, 2.75) is 46.1 Å². The Kier molecular flexibility index (Phi) is 4.49. The third-order valence-electron chi connectivity index (χ3n) is 3.28. The van der Waals surface area contributed by atoms with Crippen molar-refractivity contribution in [1.82, 2.24) is 20.2 Å². The fourth-order valence-corrected chi connectivity index (χ4v) is 2.07. The molecule has 0 aliphatic carbocycles. The van der Waals surface area contributed by atoms with Crippen LogP contribution in [0.15, 0.2) is 18.2 Å². The Morgan fingerprint density at radius 2 is 2.05 bits per heavy atom. The second kappa shape index (κ2) is 6.31. The molecular formula is C14H21N5. The number of aromatic nitrogens is 4. The van der Waals surface area contributed by atoms with Crippen LogP contribution in [-0.2, 0) is 6.54 Å². The summed E-state index contributed by atoms with van der Waals surface area (Å²) in [6.07, 6.45) is 4.83. The van der Waals surface area contributed by atoms with E-state index in [1.54, 1.807) is 0 Å². The molecule has 2 aromatic rings. The molecule has 0 spiro atoms. The minimum atomic E-state index is 0.797. The van der Waals surface area contributed by atoms with Gasteiger partial charge < -0.3 is 5.73 Å². The third kappa shape index (κ3) is 3.30. The Labute approximate surface area is 113 Å². The zero-order valence-corrected chi connectivity index (χ0v) is 11.6. The molecule has 0 aliphatic rings. The van der Waals surface area contributed by atoms with Gasteiger partial charge in [-0.3, -0.25) is 0 Å². The quantitative estimate of drug-likeness (QED) is 0.639. The van der Waals surface area contributed by atoms with Crippen molar-refractivity contribution >= 4 is 5.69 Å². The molecule has 2 rings (SSSR count). The first-order valence-corrected chi connectivity index (χ1v) is 6.85. The monoisotopic (exact) mass is 259 g/mol. The van der Waals surface area contributed by atoms with Gasteiger partial charge in [0.2, 0.25) is 0 Å². The van der Waals surface area contributed by atoms with Crippen molar-refractivity contribution in [3.05, 3.63) is 23.8 Å². The molecule has 0 saturated heterocycles. The second-order valence-corrected chi connectivity index (χ2v) is 4.86. The number of aryl methyl sites for hydroxylation is 2. The van der Waals surface area contributed by atoms with Crippen molar-refractivity contribution in [1.29, 1.82) is 0 Å². The van der Waals surface area contributed by atoms with E-state index in [0.717, 1.165) is 35.6 Å². The Bertz CT molecular complexity index is 532. The van der Waals surface area contributed by atoms with Gasteiger partial charge in [-0.05, 0) is 47.5 Å². The lowest BCUT2D eigenvalue weighted by molar-refractivity contribution is 0.531. The predicted molar refractivity (Wildman–Crippen MR) is 76.5 cm³/mol. The van der Waals surface area contributed by atoms with Gasteiger partial charge in [-0.15, -0.1) is 5.10 Å². The third-order valence-corrected chi connectivity index (χ3v) is 3.28. The lowest BCUT2D eigenvalue weighted by atomic mass is 10.1. The normalized spacial score (nSPS) is 10.8. The highest BCUT2D eigenvalue weighted by molar-refractivity contribution is 5.61. The number of nitrogens with zero attached hydrogens (tertiary/aromatic N) is 4. The summed E-state index contributed by atoms with van der Waals surface area (Å²) in [4.78, 5) is 0. The topological polar surface area (TPSA) is 69.6 Å². The molecular weight excluding hydrogens is 238 g/mol. The lowest BCUT2D eigenvalue weighted by Gasteiger charge is -2.06. The molecule has 1 heterocycles. The minimum absolute atomic E-state index is 0.797. The predicted octanol–water partition coefficient (Wildman–Crippen LogP) is 2.81. The SMILES string of the molecule is CCCCCCn1nnnc1-c1ccc(N)c(C)c1. The van der Waals surface area contributed by atoms with Gasteiger partial charge in [-0.1, -0.05) is 26.2 Å². The Balaban J connectivity index is 2.12. The van der Waals surface area contributed by atoms with Crippen molar-refractivity contribution < 1.29 is 0 Å². The molecule has 0 fully saturated rings. The summed E-state index contributed by atoms with van der Waals surface area (Å²) >= 11 is 0. The highest BCUT2D eigenvalue weighted by atomic mass is 15.5. The molecule has 5 nitrogen and oxygen atoms in total. The van der Waals surface area contributed by atoms with Gasteiger partial charge in [-0.25, -0.2) is 4.68 Å². The smallest absolute Gasteiger partial charge is 0.182 e. The molecule has 1 aromatic heterocycles. The Morgan fingerprint density at radius 1 is 1.21 bits per heavy atom. The lowest BCUT2D eigenvalue weighted by Crippen LogP contribution is -2.03. The van der Waals surface area contributed by atoms with Crippen molar-refractivity contribution in [2.24, 2.45) is 0 Å². The molecule has 19 heavy (non-hydrogen) atoms. The van der Waals surface area contributed by atoms with Gasteiger partial charge in [0, 0.05) is 17.8 Å². The molecule has 0 radical (unpaired) electrons. The van der Waals surface area contributed by atoms with Crippen LogP contribution in [0.5, 0.6) is 0 Å². The van der Waals surface area contributed by atoms with Crippen molar-refractivity contribution in [3.8, 4) is 11.4 Å². The minimum Gasteiger partial charge on any atom is -0.399 e. The van der Waals surface area contributed by atoms with Crippen LogP contribution in [0.25, 0.3) is 11.4 Å². The Morgan fingerprint density at radius 3 is 2.79 bits per heavy atom. The second-order valence-electron chi connectivity index (χ2n) is 4.86. The van der Waals surface area contributed by atoms with Gasteiger partial charge >= 0.3 is 0 Å². The number of benzene rings is 1. The maximum Gasteiger partial charge on any atom is 0.182 e. The number of tetrazole rings is 1. The fourth-order valence-electron chi connectivity index (χ4n) is 2.07. The van der Waals surface area contributed by atoms with Crippen molar-refractivity contribution in [3.63, 3.8) is 0 Å². The molecule has 1 aromatic carbocycles. The number of nitrogen functional groups attached to an aromatic ring is 1. The number of hydrogen-bond donors (Lipinski definition) is 1. The van der Waals surface area contributed by atoms with E-state index in [1.165, 1.54) is 19.3 Å². The summed E-state index contributed by atoms with van der Waals surface area (Å²) in [7, 11) is 0. The highest BCUT2D eigenvalue weighted by Crippen LogP contribution is 2.21. The van der Waals surface area contributed by atoms with E-state index in [0.29, 0.717) is 0 Å². The van der Waals surface area contributed by atoms with Crippen LogP contribution in [-0.4, -0.2) is 20.2 Å². The fraction of sp³-hybridized carbons (Fsp3) is 0.500. The van der Waals surface area contributed by atoms with E-state index in [-0.39, 0.29) is 0 Å². The summed E-state index contributed by atoms with van der Waals surface area (Å²) in [6.45, 7) is 5.07. The average molecular weight is 259 g/mol. The van der Waals surface area contributed by atoms with Crippen LogP contribution in [0.3, 0.4) is 0 Å². The van der Waals surface area contributed by atoms with Crippen LogP contribution < -0.4 is 5.73 Å². The molecule has 0 unspecified atom stereocenters. The zero-order chi connectivity index (χ0) is 13.7. The van der Waals surface area contributed by atoms with E-state index < -0.39 is 0 Å². The number of unbranched alkanes of at least 4 members (excludes halogenated alkanes) is 3.